The van der Waals surface area contributed by atoms with Gasteiger partial charge in [0.25, 0.3) is 0 Å². The summed E-state index contributed by atoms with van der Waals surface area (Å²) in [6.07, 6.45) is -4.36. The second-order valence-electron chi connectivity index (χ2n) is 3.82. The van der Waals surface area contributed by atoms with Crippen molar-refractivity contribution >= 4 is 34.8 Å². The lowest BCUT2D eigenvalue weighted by atomic mass is 10.0. The van der Waals surface area contributed by atoms with Gasteiger partial charge in [0.1, 0.15) is 0 Å². The van der Waals surface area contributed by atoms with E-state index in [-0.39, 0.29) is 0 Å². The minimum absolute atomic E-state index is 0.293. The van der Waals surface area contributed by atoms with E-state index < -0.39 is 11.7 Å². The summed E-state index contributed by atoms with van der Waals surface area (Å²) in [5, 5.41) is 0.914. The van der Waals surface area contributed by atoms with Crippen molar-refractivity contribution in [3.05, 3.63) is 57.0 Å². The highest BCUT2D eigenvalue weighted by atomic mass is 35.5. The van der Waals surface area contributed by atoms with Gasteiger partial charge in [0.05, 0.1) is 15.6 Å². The molecule has 2 rings (SSSR count). The molecule has 0 N–H and O–H groups in total. The maximum atomic E-state index is 12.5. The summed E-state index contributed by atoms with van der Waals surface area (Å²) in [5.74, 6) is 0. The van der Waals surface area contributed by atoms with E-state index >= 15 is 0 Å². The summed E-state index contributed by atoms with van der Waals surface area (Å²) < 4.78 is 37.4. The SMILES string of the molecule is FC(F)(F)c1ccc(-c2cc(Cl)c(Cl)cc2Cl)cc1. The zero-order valence-electron chi connectivity index (χ0n) is 9.23. The van der Waals surface area contributed by atoms with Crippen LogP contribution in [0.3, 0.4) is 0 Å². The third-order valence-electron chi connectivity index (χ3n) is 2.53. The van der Waals surface area contributed by atoms with Crippen LogP contribution in [0.1, 0.15) is 5.56 Å². The molecule has 0 unspecified atom stereocenters. The van der Waals surface area contributed by atoms with Crippen LogP contribution in [0, 0.1) is 0 Å². The molecule has 0 spiro atoms. The van der Waals surface area contributed by atoms with Crippen LogP contribution in [0.5, 0.6) is 0 Å². The van der Waals surface area contributed by atoms with Crippen LogP contribution < -0.4 is 0 Å². The average Bonchev–Trinajstić information content (AvgIpc) is 2.33. The summed E-state index contributed by atoms with van der Waals surface area (Å²) in [6.45, 7) is 0. The molecule has 0 fully saturated rings. The van der Waals surface area contributed by atoms with E-state index in [1.807, 2.05) is 0 Å². The van der Waals surface area contributed by atoms with E-state index in [4.69, 9.17) is 34.8 Å². The van der Waals surface area contributed by atoms with Gasteiger partial charge in [-0.1, -0.05) is 46.9 Å². The number of hydrogen-bond donors (Lipinski definition) is 0. The average molecular weight is 326 g/mol. The molecule has 0 aliphatic heterocycles. The normalized spacial score (nSPS) is 11.7. The van der Waals surface area contributed by atoms with Gasteiger partial charge in [-0.2, -0.15) is 13.2 Å². The third-order valence-corrected chi connectivity index (χ3v) is 3.57. The highest BCUT2D eigenvalue weighted by Crippen LogP contribution is 2.36. The molecule has 6 heteroatoms. The van der Waals surface area contributed by atoms with Crippen molar-refractivity contribution < 1.29 is 13.2 Å². The van der Waals surface area contributed by atoms with Crippen molar-refractivity contribution in [2.45, 2.75) is 6.18 Å². The minimum atomic E-state index is -4.36. The summed E-state index contributed by atoms with van der Waals surface area (Å²) in [4.78, 5) is 0. The Morgan fingerprint density at radius 2 is 1.26 bits per heavy atom. The molecular weight excluding hydrogens is 319 g/mol. The maximum absolute atomic E-state index is 12.5. The van der Waals surface area contributed by atoms with Crippen molar-refractivity contribution in [3.63, 3.8) is 0 Å². The summed E-state index contributed by atoms with van der Waals surface area (Å²) in [7, 11) is 0. The summed E-state index contributed by atoms with van der Waals surface area (Å²) in [6, 6.07) is 7.65. The van der Waals surface area contributed by atoms with E-state index in [1.54, 1.807) is 0 Å². The van der Waals surface area contributed by atoms with Crippen LogP contribution >= 0.6 is 34.8 Å². The molecule has 2 aromatic rings. The van der Waals surface area contributed by atoms with Crippen molar-refractivity contribution in [3.8, 4) is 11.1 Å². The first-order valence-electron chi connectivity index (χ1n) is 5.11. The topological polar surface area (TPSA) is 0 Å². The third kappa shape index (κ3) is 3.16. The second kappa shape index (κ2) is 5.23. The van der Waals surface area contributed by atoms with Crippen molar-refractivity contribution in [1.29, 1.82) is 0 Å². The molecule has 100 valence electrons. The van der Waals surface area contributed by atoms with E-state index in [1.165, 1.54) is 24.3 Å². The van der Waals surface area contributed by atoms with Gasteiger partial charge < -0.3 is 0 Å². The Hall–Kier alpha value is -0.900. The Morgan fingerprint density at radius 3 is 1.79 bits per heavy atom. The number of alkyl halides is 3. The predicted octanol–water partition coefficient (Wildman–Crippen LogP) is 6.33. The molecule has 19 heavy (non-hydrogen) atoms. The van der Waals surface area contributed by atoms with Crippen LogP contribution in [0.4, 0.5) is 13.2 Å². The standard InChI is InChI=1S/C13H6Cl3F3/c14-10-6-12(16)11(15)5-9(10)7-1-3-8(4-2-7)13(17,18)19/h1-6H. The largest absolute Gasteiger partial charge is 0.416 e. The number of halogens is 6. The molecule has 0 saturated heterocycles. The number of hydrogen-bond acceptors (Lipinski definition) is 0. The number of rotatable bonds is 1. The zero-order chi connectivity index (χ0) is 14.2. The molecular formula is C13H6Cl3F3. The van der Waals surface area contributed by atoms with Crippen molar-refractivity contribution in [2.24, 2.45) is 0 Å². The molecule has 2 aromatic carbocycles. The monoisotopic (exact) mass is 324 g/mol. The van der Waals surface area contributed by atoms with Crippen LogP contribution in [-0.4, -0.2) is 0 Å². The van der Waals surface area contributed by atoms with E-state index in [0.717, 1.165) is 12.1 Å². The summed E-state index contributed by atoms with van der Waals surface area (Å²) in [5.41, 5.74) is 0.355. The fraction of sp³-hybridized carbons (Fsp3) is 0.0769. The van der Waals surface area contributed by atoms with Gasteiger partial charge in [0.15, 0.2) is 0 Å². The van der Waals surface area contributed by atoms with Gasteiger partial charge in [0.2, 0.25) is 0 Å². The summed E-state index contributed by atoms with van der Waals surface area (Å²) >= 11 is 17.7. The molecule has 0 aromatic heterocycles. The van der Waals surface area contributed by atoms with E-state index in [0.29, 0.717) is 26.2 Å². The molecule has 0 amide bonds. The first kappa shape index (κ1) is 14.5. The van der Waals surface area contributed by atoms with Gasteiger partial charge in [-0.25, -0.2) is 0 Å². The Balaban J connectivity index is 2.46. The van der Waals surface area contributed by atoms with Crippen LogP contribution in [0.15, 0.2) is 36.4 Å². The minimum Gasteiger partial charge on any atom is -0.166 e. The molecule has 0 nitrogen and oxygen atoms in total. The predicted molar refractivity (Wildman–Crippen MR) is 71.9 cm³/mol. The maximum Gasteiger partial charge on any atom is 0.416 e. The Bertz CT molecular complexity index is 604. The Kier molecular flexibility index (Phi) is 4.00. The lowest BCUT2D eigenvalue weighted by Crippen LogP contribution is -2.04. The molecule has 0 aliphatic carbocycles. The van der Waals surface area contributed by atoms with Gasteiger partial charge in [-0.15, -0.1) is 0 Å². The van der Waals surface area contributed by atoms with E-state index in [2.05, 4.69) is 0 Å². The Morgan fingerprint density at radius 1 is 0.737 bits per heavy atom. The lowest BCUT2D eigenvalue weighted by molar-refractivity contribution is -0.137. The Labute approximate surface area is 122 Å². The van der Waals surface area contributed by atoms with Crippen molar-refractivity contribution in [1.82, 2.24) is 0 Å². The van der Waals surface area contributed by atoms with Gasteiger partial charge in [-0.05, 0) is 29.8 Å². The van der Waals surface area contributed by atoms with Gasteiger partial charge in [0, 0.05) is 10.6 Å². The van der Waals surface area contributed by atoms with Crippen molar-refractivity contribution in [2.75, 3.05) is 0 Å². The second-order valence-corrected chi connectivity index (χ2v) is 5.04. The van der Waals surface area contributed by atoms with Crippen LogP contribution in [-0.2, 0) is 6.18 Å². The molecule has 0 saturated carbocycles. The smallest absolute Gasteiger partial charge is 0.166 e. The zero-order valence-corrected chi connectivity index (χ0v) is 11.5. The van der Waals surface area contributed by atoms with Gasteiger partial charge >= 0.3 is 6.18 Å². The molecule has 0 heterocycles. The molecule has 0 radical (unpaired) electrons. The fourth-order valence-electron chi connectivity index (χ4n) is 1.58. The number of benzene rings is 2. The van der Waals surface area contributed by atoms with Crippen LogP contribution in [0.25, 0.3) is 11.1 Å². The van der Waals surface area contributed by atoms with E-state index in [9.17, 15) is 13.2 Å². The molecule has 0 aliphatic rings. The lowest BCUT2D eigenvalue weighted by Gasteiger charge is -2.09. The first-order valence-corrected chi connectivity index (χ1v) is 6.24. The molecule has 0 atom stereocenters. The van der Waals surface area contributed by atoms with Crippen LogP contribution in [0.2, 0.25) is 15.1 Å². The fourth-order valence-corrected chi connectivity index (χ4v) is 2.24. The molecule has 0 bridgehead atoms. The first-order chi connectivity index (χ1) is 8.79. The highest BCUT2D eigenvalue weighted by Gasteiger charge is 2.30. The quantitative estimate of drug-likeness (QED) is 0.537. The highest BCUT2D eigenvalue weighted by molar-refractivity contribution is 6.44. The van der Waals surface area contributed by atoms with Gasteiger partial charge in [-0.3, -0.25) is 0 Å².